The molecule has 0 saturated carbocycles. The topological polar surface area (TPSA) is 94.6 Å². The summed E-state index contributed by atoms with van der Waals surface area (Å²) in [6.07, 6.45) is 5.05. The van der Waals surface area contributed by atoms with Crippen molar-refractivity contribution in [1.29, 1.82) is 0 Å². The lowest BCUT2D eigenvalue weighted by Gasteiger charge is -2.26. The Hall–Kier alpha value is -4.04. The number of nitrogens with zero attached hydrogens (tertiary/aromatic N) is 3. The molecule has 5 rings (SSSR count). The highest BCUT2D eigenvalue weighted by Gasteiger charge is 2.44. The van der Waals surface area contributed by atoms with Crippen molar-refractivity contribution in [3.05, 3.63) is 102 Å². The molecule has 2 fully saturated rings. The number of aryl methyl sites for hydroxylation is 1. The normalized spacial score (nSPS) is 21.2. The minimum Gasteiger partial charge on any atom is -0.326 e. The molecule has 2 aliphatic heterocycles. The van der Waals surface area contributed by atoms with Crippen LogP contribution >= 0.6 is 0 Å². The largest absolute Gasteiger partial charge is 0.326 e. The number of hydrogen-bond acceptors (Lipinski definition) is 5. The lowest BCUT2D eigenvalue weighted by Crippen LogP contribution is -2.52. The van der Waals surface area contributed by atoms with E-state index < -0.39 is 12.1 Å². The van der Waals surface area contributed by atoms with E-state index in [1.54, 1.807) is 11.1 Å². The van der Waals surface area contributed by atoms with Gasteiger partial charge >= 0.3 is 0 Å². The van der Waals surface area contributed by atoms with Crippen molar-refractivity contribution in [2.45, 2.75) is 50.7 Å². The number of rotatable bonds is 10. The Labute approximate surface area is 223 Å². The molecule has 3 amide bonds. The highest BCUT2D eigenvalue weighted by molar-refractivity contribution is 5.94. The molecule has 0 unspecified atom stereocenters. The summed E-state index contributed by atoms with van der Waals surface area (Å²) >= 11 is 0. The minimum absolute atomic E-state index is 0.0112. The first-order valence-electron chi connectivity index (χ1n) is 13.2. The Morgan fingerprint density at radius 2 is 1.63 bits per heavy atom. The molecule has 196 valence electrons. The molecular formula is C30H33N5O3. The molecule has 2 aromatic carbocycles. The number of amides is 3. The number of nitrogens with one attached hydrogen (secondary N) is 2. The van der Waals surface area contributed by atoms with Crippen molar-refractivity contribution < 1.29 is 14.4 Å². The van der Waals surface area contributed by atoms with E-state index in [0.717, 1.165) is 29.7 Å². The van der Waals surface area contributed by atoms with E-state index in [-0.39, 0.29) is 30.3 Å². The van der Waals surface area contributed by atoms with E-state index in [0.29, 0.717) is 25.8 Å². The third-order valence-electron chi connectivity index (χ3n) is 7.31. The molecule has 38 heavy (non-hydrogen) atoms. The zero-order valence-electron chi connectivity index (χ0n) is 21.3. The lowest BCUT2D eigenvalue weighted by molar-refractivity contribution is -0.143. The van der Waals surface area contributed by atoms with E-state index in [1.807, 2.05) is 78.9 Å². The highest BCUT2D eigenvalue weighted by Crippen LogP contribution is 2.30. The standard InChI is InChI=1S/C30H33N5O3/c36-28(33-35-21-32-26(30(35)38)18-22-10-3-1-4-11-22)27-19-24(14-9-16-25-15-7-8-17-31-25)29(37)34(27)20-23-12-5-2-6-13-23/h1-8,10-13,15,17,24,26-27,32H,9,14,16,18-21H2,(H,33,36)/t24-,26-,27+/m1/s1. The van der Waals surface area contributed by atoms with Crippen LogP contribution in [-0.2, 0) is 33.8 Å². The van der Waals surface area contributed by atoms with Crippen LogP contribution in [0.1, 0.15) is 36.1 Å². The van der Waals surface area contributed by atoms with Crippen molar-refractivity contribution >= 4 is 17.7 Å². The third-order valence-corrected chi connectivity index (χ3v) is 7.31. The molecule has 2 aliphatic rings. The van der Waals surface area contributed by atoms with Crippen LogP contribution in [0.2, 0.25) is 0 Å². The molecular weight excluding hydrogens is 478 g/mol. The maximum Gasteiger partial charge on any atom is 0.261 e. The fraction of sp³-hybridized carbons (Fsp3) is 0.333. The summed E-state index contributed by atoms with van der Waals surface area (Å²) in [5, 5.41) is 4.53. The monoisotopic (exact) mass is 511 g/mol. The molecule has 3 atom stereocenters. The van der Waals surface area contributed by atoms with Crippen LogP contribution in [0.5, 0.6) is 0 Å². The first-order valence-corrected chi connectivity index (χ1v) is 13.2. The summed E-state index contributed by atoms with van der Waals surface area (Å²) < 4.78 is 0. The number of hydrazine groups is 1. The molecule has 8 heteroatoms. The van der Waals surface area contributed by atoms with Crippen molar-refractivity contribution in [3.8, 4) is 0 Å². The van der Waals surface area contributed by atoms with Crippen LogP contribution in [0, 0.1) is 5.92 Å². The molecule has 3 heterocycles. The smallest absolute Gasteiger partial charge is 0.261 e. The predicted octanol–water partition coefficient (Wildman–Crippen LogP) is 2.85. The second kappa shape index (κ2) is 12.0. The van der Waals surface area contributed by atoms with E-state index >= 15 is 0 Å². The Morgan fingerprint density at radius 1 is 0.921 bits per heavy atom. The Bertz CT molecular complexity index is 1240. The third kappa shape index (κ3) is 6.08. The van der Waals surface area contributed by atoms with Crippen LogP contribution in [0.25, 0.3) is 0 Å². The molecule has 0 spiro atoms. The van der Waals surface area contributed by atoms with E-state index in [2.05, 4.69) is 15.7 Å². The predicted molar refractivity (Wildman–Crippen MR) is 143 cm³/mol. The highest BCUT2D eigenvalue weighted by atomic mass is 16.2. The van der Waals surface area contributed by atoms with Crippen LogP contribution in [0.4, 0.5) is 0 Å². The van der Waals surface area contributed by atoms with E-state index in [1.165, 1.54) is 5.01 Å². The van der Waals surface area contributed by atoms with E-state index in [9.17, 15) is 14.4 Å². The van der Waals surface area contributed by atoms with Crippen LogP contribution in [-0.4, -0.2) is 51.4 Å². The van der Waals surface area contributed by atoms with Gasteiger partial charge in [0.1, 0.15) is 6.04 Å². The summed E-state index contributed by atoms with van der Waals surface area (Å²) in [7, 11) is 0. The quantitative estimate of drug-likeness (QED) is 0.437. The van der Waals surface area contributed by atoms with Gasteiger partial charge in [0.25, 0.3) is 11.8 Å². The van der Waals surface area contributed by atoms with Crippen LogP contribution in [0.15, 0.2) is 85.1 Å². The summed E-state index contributed by atoms with van der Waals surface area (Å²) in [5.74, 6) is -0.746. The molecule has 2 N–H and O–H groups in total. The van der Waals surface area contributed by atoms with E-state index in [4.69, 9.17) is 0 Å². The van der Waals surface area contributed by atoms with Gasteiger partial charge in [-0.1, -0.05) is 66.7 Å². The SMILES string of the molecule is O=C(NN1CN[C@H](Cc2ccccc2)C1=O)[C@@H]1C[C@@H](CCCc2ccccn2)C(=O)N1Cc1ccccc1. The Kier molecular flexibility index (Phi) is 8.09. The number of carbonyl (C=O) groups is 3. The average molecular weight is 512 g/mol. The van der Waals surface area contributed by atoms with Gasteiger partial charge in [0.05, 0.1) is 12.7 Å². The number of pyridine rings is 1. The van der Waals surface area contributed by atoms with Crippen molar-refractivity contribution in [2.75, 3.05) is 6.67 Å². The zero-order valence-corrected chi connectivity index (χ0v) is 21.3. The van der Waals surface area contributed by atoms with Gasteiger partial charge in [-0.15, -0.1) is 0 Å². The second-order valence-electron chi connectivity index (χ2n) is 9.96. The zero-order chi connectivity index (χ0) is 26.3. The Morgan fingerprint density at radius 3 is 2.34 bits per heavy atom. The van der Waals surface area contributed by atoms with Crippen LogP contribution < -0.4 is 10.7 Å². The van der Waals surface area contributed by atoms with Gasteiger partial charge in [-0.25, -0.2) is 5.01 Å². The summed E-state index contributed by atoms with van der Waals surface area (Å²) in [6, 6.07) is 24.3. The molecule has 0 radical (unpaired) electrons. The van der Waals surface area contributed by atoms with Crippen molar-refractivity contribution in [1.82, 2.24) is 25.6 Å². The summed E-state index contributed by atoms with van der Waals surface area (Å²) in [5.41, 5.74) is 5.82. The number of likely N-dealkylation sites (tertiary alicyclic amines) is 1. The maximum absolute atomic E-state index is 13.5. The molecule has 3 aromatic rings. The van der Waals surface area contributed by atoms with Gasteiger partial charge in [0.15, 0.2) is 0 Å². The van der Waals surface area contributed by atoms with Gasteiger partial charge in [-0.3, -0.25) is 30.1 Å². The van der Waals surface area contributed by atoms with Gasteiger partial charge in [0.2, 0.25) is 5.91 Å². The molecule has 2 saturated heterocycles. The minimum atomic E-state index is -0.636. The van der Waals surface area contributed by atoms with Crippen molar-refractivity contribution in [3.63, 3.8) is 0 Å². The number of aromatic nitrogens is 1. The number of carbonyl (C=O) groups excluding carboxylic acids is 3. The fourth-order valence-electron chi connectivity index (χ4n) is 5.29. The average Bonchev–Trinajstić information content (AvgIpc) is 3.44. The second-order valence-corrected chi connectivity index (χ2v) is 9.96. The number of hydrogen-bond donors (Lipinski definition) is 2. The first kappa shape index (κ1) is 25.6. The van der Waals surface area contributed by atoms with Gasteiger partial charge < -0.3 is 4.90 Å². The molecule has 1 aromatic heterocycles. The summed E-state index contributed by atoms with van der Waals surface area (Å²) in [4.78, 5) is 46.0. The Balaban J connectivity index is 1.23. The first-order chi connectivity index (χ1) is 18.6. The van der Waals surface area contributed by atoms with Crippen molar-refractivity contribution in [2.24, 2.45) is 5.92 Å². The van der Waals surface area contributed by atoms with Gasteiger partial charge in [0, 0.05) is 24.4 Å². The molecule has 8 nitrogen and oxygen atoms in total. The van der Waals surface area contributed by atoms with Crippen LogP contribution in [0.3, 0.4) is 0 Å². The fourth-order valence-corrected chi connectivity index (χ4v) is 5.29. The molecule has 0 aliphatic carbocycles. The van der Waals surface area contributed by atoms with Gasteiger partial charge in [-0.2, -0.15) is 0 Å². The molecule has 0 bridgehead atoms. The summed E-state index contributed by atoms with van der Waals surface area (Å²) in [6.45, 7) is 0.590. The maximum atomic E-state index is 13.5. The lowest BCUT2D eigenvalue weighted by atomic mass is 9.97. The number of benzene rings is 2. The van der Waals surface area contributed by atoms with Gasteiger partial charge in [-0.05, 0) is 55.4 Å².